The summed E-state index contributed by atoms with van der Waals surface area (Å²) in [5.41, 5.74) is 1.02. The molecular formula is C13H19Cl2NO2. The first-order chi connectivity index (χ1) is 8.74. The zero-order valence-corrected chi connectivity index (χ0v) is 12.1. The molecule has 18 heavy (non-hydrogen) atoms. The van der Waals surface area contributed by atoms with Crippen LogP contribution in [0.4, 0.5) is 0 Å². The maximum absolute atomic E-state index is 6.05. The number of hydrogen-bond acceptors (Lipinski definition) is 3. The lowest BCUT2D eigenvalue weighted by Gasteiger charge is -2.07. The molecule has 0 unspecified atom stereocenters. The average Bonchev–Trinajstić information content (AvgIpc) is 2.36. The molecule has 1 aromatic carbocycles. The number of hydrogen-bond donors (Lipinski definition) is 1. The molecule has 0 amide bonds. The number of nitrogens with one attached hydrogen (secondary N) is 1. The normalized spacial score (nSPS) is 10.8. The van der Waals surface area contributed by atoms with Gasteiger partial charge in [0.05, 0.1) is 19.8 Å². The highest BCUT2D eigenvalue weighted by molar-refractivity contribution is 6.33. The van der Waals surface area contributed by atoms with Gasteiger partial charge in [0.25, 0.3) is 0 Å². The van der Waals surface area contributed by atoms with Crippen LogP contribution in [0.3, 0.4) is 0 Å². The van der Waals surface area contributed by atoms with Crippen LogP contribution in [0.15, 0.2) is 18.2 Å². The van der Waals surface area contributed by atoms with Gasteiger partial charge in [0.15, 0.2) is 0 Å². The lowest BCUT2D eigenvalue weighted by Crippen LogP contribution is -2.23. The summed E-state index contributed by atoms with van der Waals surface area (Å²) in [6, 6.07) is 5.48. The quantitative estimate of drug-likeness (QED) is 0.710. The third-order valence-electron chi connectivity index (χ3n) is 2.43. The predicted octanol–water partition coefficient (Wildman–Crippen LogP) is 2.79. The van der Waals surface area contributed by atoms with Crippen molar-refractivity contribution in [2.24, 2.45) is 0 Å². The van der Waals surface area contributed by atoms with E-state index in [9.17, 15) is 0 Å². The summed E-state index contributed by atoms with van der Waals surface area (Å²) in [5.74, 6) is 0. The molecule has 102 valence electrons. The molecule has 5 heteroatoms. The fraction of sp³-hybridized carbons (Fsp3) is 0.538. The van der Waals surface area contributed by atoms with Crippen molar-refractivity contribution in [3.63, 3.8) is 0 Å². The van der Waals surface area contributed by atoms with Gasteiger partial charge in [0, 0.05) is 30.2 Å². The van der Waals surface area contributed by atoms with Gasteiger partial charge in [0.1, 0.15) is 0 Å². The summed E-state index contributed by atoms with van der Waals surface area (Å²) in [6.07, 6.45) is 0.775. The second-order valence-corrected chi connectivity index (χ2v) is 4.68. The monoisotopic (exact) mass is 291 g/mol. The Kier molecular flexibility index (Phi) is 8.38. The third kappa shape index (κ3) is 6.57. The minimum absolute atomic E-state index is 0.645. The van der Waals surface area contributed by atoms with E-state index in [0.29, 0.717) is 18.2 Å². The average molecular weight is 292 g/mol. The van der Waals surface area contributed by atoms with Crippen LogP contribution in [0.2, 0.25) is 10.0 Å². The Balaban J connectivity index is 2.09. The van der Waals surface area contributed by atoms with Crippen molar-refractivity contribution in [3.8, 4) is 0 Å². The standard InChI is InChI=1S/C13H19Cl2NO2/c1-17-8-5-16-6-9-18-7-4-11-10-12(14)2-3-13(11)15/h2-3,10,16H,4-9H2,1H3. The highest BCUT2D eigenvalue weighted by atomic mass is 35.5. The van der Waals surface area contributed by atoms with E-state index in [0.717, 1.165) is 36.7 Å². The van der Waals surface area contributed by atoms with Gasteiger partial charge in [-0.05, 0) is 30.2 Å². The molecular weight excluding hydrogens is 273 g/mol. The van der Waals surface area contributed by atoms with Gasteiger partial charge in [-0.3, -0.25) is 0 Å². The van der Waals surface area contributed by atoms with E-state index < -0.39 is 0 Å². The molecule has 0 aliphatic heterocycles. The lowest BCUT2D eigenvalue weighted by molar-refractivity contribution is 0.135. The highest BCUT2D eigenvalue weighted by Crippen LogP contribution is 2.20. The second-order valence-electron chi connectivity index (χ2n) is 3.84. The van der Waals surface area contributed by atoms with Gasteiger partial charge in [-0.2, -0.15) is 0 Å². The number of halogens is 2. The first-order valence-corrected chi connectivity index (χ1v) is 6.71. The molecule has 3 nitrogen and oxygen atoms in total. The predicted molar refractivity (Wildman–Crippen MR) is 75.7 cm³/mol. The molecule has 0 radical (unpaired) electrons. The molecule has 0 saturated carbocycles. The molecule has 0 heterocycles. The molecule has 0 saturated heterocycles. The Bertz CT molecular complexity index is 348. The van der Waals surface area contributed by atoms with Crippen LogP contribution in [0.1, 0.15) is 5.56 Å². The summed E-state index contributed by atoms with van der Waals surface area (Å²) >= 11 is 12.0. The van der Waals surface area contributed by atoms with Crippen molar-refractivity contribution in [1.29, 1.82) is 0 Å². The Morgan fingerprint density at radius 1 is 1.11 bits per heavy atom. The first-order valence-electron chi connectivity index (χ1n) is 5.95. The molecule has 0 aliphatic carbocycles. The lowest BCUT2D eigenvalue weighted by atomic mass is 10.2. The van der Waals surface area contributed by atoms with E-state index in [1.807, 2.05) is 12.1 Å². The van der Waals surface area contributed by atoms with Crippen molar-refractivity contribution in [1.82, 2.24) is 5.32 Å². The van der Waals surface area contributed by atoms with Crippen LogP contribution in [0.25, 0.3) is 0 Å². The van der Waals surface area contributed by atoms with E-state index >= 15 is 0 Å². The zero-order valence-electron chi connectivity index (χ0n) is 10.5. The molecule has 0 aliphatic rings. The SMILES string of the molecule is COCCNCCOCCc1cc(Cl)ccc1Cl. The van der Waals surface area contributed by atoms with Crippen LogP contribution in [0, 0.1) is 0 Å². The van der Waals surface area contributed by atoms with E-state index in [1.54, 1.807) is 13.2 Å². The summed E-state index contributed by atoms with van der Waals surface area (Å²) in [7, 11) is 1.69. The van der Waals surface area contributed by atoms with E-state index in [2.05, 4.69) is 5.32 Å². The van der Waals surface area contributed by atoms with Crippen LogP contribution >= 0.6 is 23.2 Å². The largest absolute Gasteiger partial charge is 0.383 e. The van der Waals surface area contributed by atoms with Gasteiger partial charge in [-0.25, -0.2) is 0 Å². The van der Waals surface area contributed by atoms with Crippen molar-refractivity contribution in [2.45, 2.75) is 6.42 Å². The molecule has 0 fully saturated rings. The Morgan fingerprint density at radius 3 is 2.67 bits per heavy atom. The topological polar surface area (TPSA) is 30.5 Å². The molecule has 0 aromatic heterocycles. The van der Waals surface area contributed by atoms with Gasteiger partial charge < -0.3 is 14.8 Å². The maximum Gasteiger partial charge on any atom is 0.0591 e. The minimum Gasteiger partial charge on any atom is -0.383 e. The number of benzene rings is 1. The zero-order chi connectivity index (χ0) is 13.2. The van der Waals surface area contributed by atoms with Gasteiger partial charge in [0.2, 0.25) is 0 Å². The van der Waals surface area contributed by atoms with Crippen LogP contribution in [-0.2, 0) is 15.9 Å². The Labute approximate surface area is 118 Å². The summed E-state index contributed by atoms with van der Waals surface area (Å²) in [5, 5.41) is 4.65. The summed E-state index contributed by atoms with van der Waals surface area (Å²) in [6.45, 7) is 3.72. The van der Waals surface area contributed by atoms with E-state index in [4.69, 9.17) is 32.7 Å². The Hall–Kier alpha value is -0.320. The third-order valence-corrected chi connectivity index (χ3v) is 3.03. The second kappa shape index (κ2) is 9.59. The van der Waals surface area contributed by atoms with E-state index in [1.165, 1.54) is 0 Å². The molecule has 1 N–H and O–H groups in total. The molecule has 1 aromatic rings. The van der Waals surface area contributed by atoms with Crippen LogP contribution in [0.5, 0.6) is 0 Å². The van der Waals surface area contributed by atoms with Crippen molar-refractivity contribution >= 4 is 23.2 Å². The smallest absolute Gasteiger partial charge is 0.0591 e. The van der Waals surface area contributed by atoms with Gasteiger partial charge in [-0.1, -0.05) is 23.2 Å². The maximum atomic E-state index is 6.05. The minimum atomic E-state index is 0.645. The van der Waals surface area contributed by atoms with E-state index in [-0.39, 0.29) is 0 Å². The van der Waals surface area contributed by atoms with Crippen molar-refractivity contribution < 1.29 is 9.47 Å². The molecule has 0 bridgehead atoms. The van der Waals surface area contributed by atoms with Gasteiger partial charge >= 0.3 is 0 Å². The van der Waals surface area contributed by atoms with Crippen LogP contribution in [-0.4, -0.2) is 40.0 Å². The Morgan fingerprint density at radius 2 is 1.89 bits per heavy atom. The highest BCUT2D eigenvalue weighted by Gasteiger charge is 2.01. The first kappa shape index (κ1) is 15.7. The van der Waals surface area contributed by atoms with Crippen molar-refractivity contribution in [3.05, 3.63) is 33.8 Å². The summed E-state index contributed by atoms with van der Waals surface area (Å²) < 4.78 is 10.4. The molecule has 0 spiro atoms. The number of rotatable bonds is 9. The molecule has 1 rings (SSSR count). The van der Waals surface area contributed by atoms with Crippen LogP contribution < -0.4 is 5.32 Å². The fourth-order valence-corrected chi connectivity index (χ4v) is 1.87. The number of methoxy groups -OCH3 is 1. The molecule has 0 atom stereocenters. The number of ether oxygens (including phenoxy) is 2. The van der Waals surface area contributed by atoms with Gasteiger partial charge in [-0.15, -0.1) is 0 Å². The van der Waals surface area contributed by atoms with Crippen molar-refractivity contribution in [2.75, 3.05) is 40.0 Å². The fourth-order valence-electron chi connectivity index (χ4n) is 1.46. The summed E-state index contributed by atoms with van der Waals surface area (Å²) in [4.78, 5) is 0.